The zero-order chi connectivity index (χ0) is 13.7. The number of carboxylic acids is 1. The third-order valence-electron chi connectivity index (χ3n) is 3.68. The number of hydrogen-bond donors (Lipinski definition) is 1. The van der Waals surface area contributed by atoms with E-state index in [1.54, 1.807) is 18.3 Å². The van der Waals surface area contributed by atoms with Gasteiger partial charge in [-0.05, 0) is 67.3 Å². The summed E-state index contributed by atoms with van der Waals surface area (Å²) >= 11 is 0. The van der Waals surface area contributed by atoms with Gasteiger partial charge in [0.05, 0.1) is 0 Å². The van der Waals surface area contributed by atoms with Crippen LogP contribution in [0.5, 0.6) is 5.75 Å². The number of nitrogens with zero attached hydrogens (tertiary/aromatic N) is 1. The molecule has 5 heteroatoms. The maximum Gasteiger partial charge on any atom is 1.00 e. The first-order chi connectivity index (χ1) is 9.15. The summed E-state index contributed by atoms with van der Waals surface area (Å²) in [5, 5.41) is 19.9. The summed E-state index contributed by atoms with van der Waals surface area (Å²) in [5.74, 6) is -0.454. The minimum atomic E-state index is -0.911. The average molecular weight is 283 g/mol. The van der Waals surface area contributed by atoms with Crippen LogP contribution >= 0.6 is 0 Å². The Morgan fingerprint density at radius 3 is 2.40 bits per heavy atom. The van der Waals surface area contributed by atoms with Gasteiger partial charge in [0.1, 0.15) is 5.75 Å². The number of aliphatic carboxylic acids is 1. The molecule has 1 aromatic carbocycles. The van der Waals surface area contributed by atoms with Crippen molar-refractivity contribution in [2.75, 3.05) is 6.54 Å². The number of aromatic hydroxyl groups is 1. The van der Waals surface area contributed by atoms with Crippen molar-refractivity contribution in [3.8, 4) is 5.75 Å². The molecule has 0 saturated heterocycles. The molecule has 0 aliphatic heterocycles. The first kappa shape index (κ1) is 17.2. The van der Waals surface area contributed by atoms with Crippen LogP contribution in [0, 0.1) is 11.8 Å². The SMILES string of the molecule is O=C([O-])C1CCC(CN=Cc2ccc(O)cc2)CC1.[Na+]. The third-order valence-corrected chi connectivity index (χ3v) is 3.68. The predicted octanol–water partition coefficient (Wildman–Crippen LogP) is -1.63. The van der Waals surface area contributed by atoms with Crippen LogP contribution < -0.4 is 34.7 Å². The van der Waals surface area contributed by atoms with E-state index in [4.69, 9.17) is 5.11 Å². The summed E-state index contributed by atoms with van der Waals surface area (Å²) in [5.41, 5.74) is 0.959. The molecule has 0 bridgehead atoms. The minimum absolute atomic E-state index is 0. The molecule has 4 nitrogen and oxygen atoms in total. The van der Waals surface area contributed by atoms with Gasteiger partial charge in [0.25, 0.3) is 0 Å². The van der Waals surface area contributed by atoms with Crippen LogP contribution in [-0.4, -0.2) is 23.8 Å². The van der Waals surface area contributed by atoms with Gasteiger partial charge in [0.2, 0.25) is 0 Å². The van der Waals surface area contributed by atoms with E-state index in [1.165, 1.54) is 0 Å². The van der Waals surface area contributed by atoms with E-state index >= 15 is 0 Å². The summed E-state index contributed by atoms with van der Waals surface area (Å²) in [4.78, 5) is 15.1. The molecule has 0 aromatic heterocycles. The topological polar surface area (TPSA) is 72.7 Å². The normalized spacial score (nSPS) is 22.4. The van der Waals surface area contributed by atoms with Crippen molar-refractivity contribution in [1.29, 1.82) is 0 Å². The molecule has 0 atom stereocenters. The summed E-state index contributed by atoms with van der Waals surface area (Å²) in [6.07, 6.45) is 5.03. The number of carboxylic acid groups (broad SMARTS) is 1. The van der Waals surface area contributed by atoms with Crippen molar-refractivity contribution in [3.63, 3.8) is 0 Å². The van der Waals surface area contributed by atoms with Gasteiger partial charge in [-0.2, -0.15) is 0 Å². The number of aliphatic imine (C=N–C) groups is 1. The minimum Gasteiger partial charge on any atom is -0.550 e. The van der Waals surface area contributed by atoms with Gasteiger partial charge in [-0.3, -0.25) is 4.99 Å². The Bertz CT molecular complexity index is 451. The molecule has 1 aromatic rings. The fourth-order valence-electron chi connectivity index (χ4n) is 2.45. The second-order valence-electron chi connectivity index (χ2n) is 5.12. The van der Waals surface area contributed by atoms with Crippen molar-refractivity contribution < 1.29 is 44.6 Å². The average Bonchev–Trinajstić information content (AvgIpc) is 2.41. The molecule has 102 valence electrons. The Balaban J connectivity index is 0.00000200. The summed E-state index contributed by atoms with van der Waals surface area (Å²) in [7, 11) is 0. The second-order valence-corrected chi connectivity index (χ2v) is 5.12. The summed E-state index contributed by atoms with van der Waals surface area (Å²) in [6.45, 7) is 0.737. The van der Waals surface area contributed by atoms with E-state index in [-0.39, 0.29) is 41.2 Å². The zero-order valence-electron chi connectivity index (χ0n) is 11.8. The van der Waals surface area contributed by atoms with E-state index < -0.39 is 5.97 Å². The molecule has 0 spiro atoms. The van der Waals surface area contributed by atoms with E-state index in [0.29, 0.717) is 18.8 Å². The smallest absolute Gasteiger partial charge is 0.550 e. The molecule has 0 radical (unpaired) electrons. The standard InChI is InChI=1S/C15H19NO3.Na/c17-14-7-3-12(4-8-14)10-16-9-11-1-5-13(6-2-11)15(18)19;/h3-4,7-8,10-11,13,17H,1-2,5-6,9H2,(H,18,19);/q;+1/p-1. The van der Waals surface area contributed by atoms with Crippen molar-refractivity contribution >= 4 is 12.2 Å². The molecule has 20 heavy (non-hydrogen) atoms. The van der Waals surface area contributed by atoms with Gasteiger partial charge in [-0.1, -0.05) is 0 Å². The molecule has 1 aliphatic rings. The molecule has 0 unspecified atom stereocenters. The number of rotatable bonds is 4. The molecule has 1 N–H and O–H groups in total. The van der Waals surface area contributed by atoms with Crippen LogP contribution in [0.25, 0.3) is 0 Å². The Morgan fingerprint density at radius 1 is 1.25 bits per heavy atom. The molecular weight excluding hydrogens is 265 g/mol. The summed E-state index contributed by atoms with van der Waals surface area (Å²) < 4.78 is 0. The van der Waals surface area contributed by atoms with Gasteiger partial charge in [0, 0.05) is 18.7 Å². The summed E-state index contributed by atoms with van der Waals surface area (Å²) in [6, 6.07) is 6.89. The number of hydrogen-bond acceptors (Lipinski definition) is 4. The predicted molar refractivity (Wildman–Crippen MR) is 71.0 cm³/mol. The van der Waals surface area contributed by atoms with Crippen LogP contribution in [0.15, 0.2) is 29.3 Å². The van der Waals surface area contributed by atoms with Crippen LogP contribution in [0.2, 0.25) is 0 Å². The Labute approximate surface area is 141 Å². The first-order valence-electron chi connectivity index (χ1n) is 6.65. The van der Waals surface area contributed by atoms with Crippen LogP contribution in [-0.2, 0) is 4.79 Å². The van der Waals surface area contributed by atoms with E-state index in [1.807, 2.05) is 12.1 Å². The maximum absolute atomic E-state index is 10.7. The van der Waals surface area contributed by atoms with Crippen LogP contribution in [0.1, 0.15) is 31.2 Å². The fraction of sp³-hybridized carbons (Fsp3) is 0.467. The van der Waals surface area contributed by atoms with Gasteiger partial charge >= 0.3 is 29.6 Å². The molecule has 1 aliphatic carbocycles. The van der Waals surface area contributed by atoms with Gasteiger partial charge in [0.15, 0.2) is 0 Å². The van der Waals surface area contributed by atoms with Crippen LogP contribution in [0.4, 0.5) is 0 Å². The van der Waals surface area contributed by atoms with Gasteiger partial charge in [-0.15, -0.1) is 0 Å². The molecule has 1 saturated carbocycles. The second kappa shape index (κ2) is 8.45. The van der Waals surface area contributed by atoms with E-state index in [2.05, 4.69) is 4.99 Å². The zero-order valence-corrected chi connectivity index (χ0v) is 13.8. The molecule has 2 rings (SSSR count). The van der Waals surface area contributed by atoms with Crippen molar-refractivity contribution in [3.05, 3.63) is 29.8 Å². The number of benzene rings is 1. The largest absolute Gasteiger partial charge is 1.00 e. The van der Waals surface area contributed by atoms with Crippen LogP contribution in [0.3, 0.4) is 0 Å². The van der Waals surface area contributed by atoms with E-state index in [0.717, 1.165) is 24.9 Å². The number of carbonyl (C=O) groups excluding carboxylic acids is 1. The number of phenols is 1. The maximum atomic E-state index is 10.7. The number of phenolic OH excluding ortho intramolecular Hbond substituents is 1. The fourth-order valence-corrected chi connectivity index (χ4v) is 2.45. The third kappa shape index (κ3) is 5.27. The first-order valence-corrected chi connectivity index (χ1v) is 6.65. The Morgan fingerprint density at radius 2 is 1.85 bits per heavy atom. The monoisotopic (exact) mass is 283 g/mol. The van der Waals surface area contributed by atoms with Crippen molar-refractivity contribution in [2.45, 2.75) is 25.7 Å². The Kier molecular flexibility index (Phi) is 7.27. The van der Waals surface area contributed by atoms with E-state index in [9.17, 15) is 9.90 Å². The van der Waals surface area contributed by atoms with Gasteiger partial charge in [-0.25, -0.2) is 0 Å². The molecular formula is C15H18NNaO3. The van der Waals surface area contributed by atoms with Crippen molar-refractivity contribution in [1.82, 2.24) is 0 Å². The molecule has 0 heterocycles. The van der Waals surface area contributed by atoms with Crippen molar-refractivity contribution in [2.24, 2.45) is 16.8 Å². The Hall–Kier alpha value is -0.840. The molecule has 1 fully saturated rings. The van der Waals surface area contributed by atoms with Gasteiger partial charge < -0.3 is 15.0 Å². The quantitative estimate of drug-likeness (QED) is 0.533. The number of carbonyl (C=O) groups is 1. The molecule has 0 amide bonds.